The molecule has 0 aromatic carbocycles. The third-order valence-electron chi connectivity index (χ3n) is 3.35. The summed E-state index contributed by atoms with van der Waals surface area (Å²) in [6.45, 7) is 5.43. The number of rotatable bonds is 3. The zero-order valence-corrected chi connectivity index (χ0v) is 11.5. The molecule has 3 N–H and O–H groups in total. The van der Waals surface area contributed by atoms with Gasteiger partial charge in [-0.25, -0.2) is 4.98 Å². The molecule has 1 aliphatic rings. The quantitative estimate of drug-likeness (QED) is 0.873. The number of hydrogen-bond acceptors (Lipinski definition) is 5. The van der Waals surface area contributed by atoms with E-state index in [1.165, 1.54) is 11.3 Å². The number of aryl methyl sites for hydroxylation is 1. The minimum atomic E-state index is -0.0688. The number of nitrogen functional groups attached to an aromatic ring is 1. The zero-order chi connectivity index (χ0) is 13.1. The topological polar surface area (TPSA) is 77.2 Å². The largest absolute Gasteiger partial charge is 0.381 e. The first-order valence-electron chi connectivity index (χ1n) is 6.19. The molecule has 100 valence electrons. The molecule has 1 aromatic rings. The van der Waals surface area contributed by atoms with E-state index in [4.69, 9.17) is 10.5 Å². The molecular weight excluding hydrogens is 250 g/mol. The van der Waals surface area contributed by atoms with Crippen LogP contribution in [0.15, 0.2) is 0 Å². The number of hydrogen-bond donors (Lipinski definition) is 2. The van der Waals surface area contributed by atoms with Crippen molar-refractivity contribution in [2.24, 2.45) is 5.92 Å². The van der Waals surface area contributed by atoms with Gasteiger partial charge in [-0.15, -0.1) is 0 Å². The van der Waals surface area contributed by atoms with Gasteiger partial charge in [0.1, 0.15) is 4.88 Å². The second-order valence-electron chi connectivity index (χ2n) is 4.68. The van der Waals surface area contributed by atoms with Crippen LogP contribution in [0, 0.1) is 12.8 Å². The van der Waals surface area contributed by atoms with Crippen molar-refractivity contribution in [3.63, 3.8) is 0 Å². The van der Waals surface area contributed by atoms with E-state index >= 15 is 0 Å². The zero-order valence-electron chi connectivity index (χ0n) is 10.7. The SMILES string of the molecule is Cc1nc(N)sc1C(=O)NC(C)C1CCOCC1. The van der Waals surface area contributed by atoms with Crippen LogP contribution in [0.3, 0.4) is 0 Å². The number of anilines is 1. The second kappa shape index (κ2) is 5.67. The second-order valence-corrected chi connectivity index (χ2v) is 5.71. The summed E-state index contributed by atoms with van der Waals surface area (Å²) in [4.78, 5) is 16.8. The highest BCUT2D eigenvalue weighted by atomic mass is 32.1. The number of amides is 1. The van der Waals surface area contributed by atoms with Crippen molar-refractivity contribution < 1.29 is 9.53 Å². The van der Waals surface area contributed by atoms with E-state index < -0.39 is 0 Å². The average Bonchev–Trinajstić information content (AvgIpc) is 2.69. The number of nitrogens with two attached hydrogens (primary N) is 1. The molecule has 1 atom stereocenters. The Hall–Kier alpha value is -1.14. The molecular formula is C12H19N3O2S. The molecule has 2 rings (SSSR count). The van der Waals surface area contributed by atoms with Gasteiger partial charge in [-0.3, -0.25) is 4.79 Å². The van der Waals surface area contributed by atoms with E-state index in [1.54, 1.807) is 6.92 Å². The lowest BCUT2D eigenvalue weighted by molar-refractivity contribution is 0.0539. The molecule has 1 unspecified atom stereocenters. The van der Waals surface area contributed by atoms with Gasteiger partial charge in [-0.05, 0) is 32.6 Å². The van der Waals surface area contributed by atoms with Gasteiger partial charge in [0, 0.05) is 19.3 Å². The predicted octanol–water partition coefficient (Wildman–Crippen LogP) is 1.58. The lowest BCUT2D eigenvalue weighted by atomic mass is 9.93. The van der Waals surface area contributed by atoms with Crippen LogP contribution in [0.25, 0.3) is 0 Å². The lowest BCUT2D eigenvalue weighted by Gasteiger charge is -2.28. The number of aromatic nitrogens is 1. The Labute approximate surface area is 111 Å². The molecule has 0 radical (unpaired) electrons. The Balaban J connectivity index is 1.96. The number of carbonyl (C=O) groups excluding carboxylic acids is 1. The minimum Gasteiger partial charge on any atom is -0.381 e. The first kappa shape index (κ1) is 13.3. The Bertz CT molecular complexity index is 427. The van der Waals surface area contributed by atoms with Crippen molar-refractivity contribution in [3.8, 4) is 0 Å². The third-order valence-corrected chi connectivity index (χ3v) is 4.34. The summed E-state index contributed by atoms with van der Waals surface area (Å²) in [5, 5.41) is 3.48. The molecule has 0 spiro atoms. The van der Waals surface area contributed by atoms with Crippen molar-refractivity contribution in [1.82, 2.24) is 10.3 Å². The monoisotopic (exact) mass is 269 g/mol. The Morgan fingerprint density at radius 1 is 1.56 bits per heavy atom. The van der Waals surface area contributed by atoms with E-state index in [-0.39, 0.29) is 11.9 Å². The van der Waals surface area contributed by atoms with Gasteiger partial charge in [0.2, 0.25) is 0 Å². The highest BCUT2D eigenvalue weighted by Gasteiger charge is 2.23. The van der Waals surface area contributed by atoms with Crippen LogP contribution in [0.5, 0.6) is 0 Å². The van der Waals surface area contributed by atoms with E-state index in [2.05, 4.69) is 10.3 Å². The molecule has 1 aliphatic heterocycles. The fourth-order valence-electron chi connectivity index (χ4n) is 2.23. The van der Waals surface area contributed by atoms with Crippen LogP contribution in [0.4, 0.5) is 5.13 Å². The van der Waals surface area contributed by atoms with Gasteiger partial charge in [0.05, 0.1) is 5.69 Å². The highest BCUT2D eigenvalue weighted by Crippen LogP contribution is 2.22. The number of nitrogens with one attached hydrogen (secondary N) is 1. The summed E-state index contributed by atoms with van der Waals surface area (Å²) in [5.74, 6) is 0.425. The van der Waals surface area contributed by atoms with E-state index in [0.29, 0.717) is 21.6 Å². The van der Waals surface area contributed by atoms with E-state index in [0.717, 1.165) is 26.1 Å². The number of ether oxygens (including phenoxy) is 1. The summed E-state index contributed by atoms with van der Waals surface area (Å²) < 4.78 is 5.32. The van der Waals surface area contributed by atoms with Crippen molar-refractivity contribution in [3.05, 3.63) is 10.6 Å². The standard InChI is InChI=1S/C12H19N3O2S/c1-7(9-3-5-17-6-4-9)14-11(16)10-8(2)15-12(13)18-10/h7,9H,3-6H2,1-2H3,(H2,13,15)(H,14,16). The number of carbonyl (C=O) groups is 1. The normalized spacial score (nSPS) is 18.6. The fraction of sp³-hybridized carbons (Fsp3) is 0.667. The van der Waals surface area contributed by atoms with Crippen LogP contribution >= 0.6 is 11.3 Å². The molecule has 5 nitrogen and oxygen atoms in total. The molecule has 0 aliphatic carbocycles. The Kier molecular flexibility index (Phi) is 4.19. The molecule has 1 amide bonds. The molecule has 0 bridgehead atoms. The number of nitrogens with zero attached hydrogens (tertiary/aromatic N) is 1. The summed E-state index contributed by atoms with van der Waals surface area (Å²) in [6, 6.07) is 0.157. The molecule has 0 saturated carbocycles. The van der Waals surface area contributed by atoms with Gasteiger partial charge in [0.25, 0.3) is 5.91 Å². The number of thiazole rings is 1. The maximum absolute atomic E-state index is 12.1. The predicted molar refractivity (Wildman–Crippen MR) is 71.7 cm³/mol. The molecule has 1 fully saturated rings. The van der Waals surface area contributed by atoms with E-state index in [9.17, 15) is 4.79 Å². The van der Waals surface area contributed by atoms with Crippen molar-refractivity contribution >= 4 is 22.4 Å². The maximum atomic E-state index is 12.1. The maximum Gasteiger partial charge on any atom is 0.263 e. The summed E-state index contributed by atoms with van der Waals surface area (Å²) in [5.41, 5.74) is 6.30. The summed E-state index contributed by atoms with van der Waals surface area (Å²) in [6.07, 6.45) is 2.01. The fourth-order valence-corrected chi connectivity index (χ4v) is 2.97. The minimum absolute atomic E-state index is 0.0688. The van der Waals surface area contributed by atoms with Crippen molar-refractivity contribution in [1.29, 1.82) is 0 Å². The van der Waals surface area contributed by atoms with Crippen molar-refractivity contribution in [2.45, 2.75) is 32.7 Å². The molecule has 18 heavy (non-hydrogen) atoms. The van der Waals surface area contributed by atoms with Gasteiger partial charge < -0.3 is 15.8 Å². The first-order valence-corrected chi connectivity index (χ1v) is 7.01. The summed E-state index contributed by atoms with van der Waals surface area (Å²) >= 11 is 1.24. The van der Waals surface area contributed by atoms with Gasteiger partial charge in [-0.2, -0.15) is 0 Å². The Morgan fingerprint density at radius 2 is 2.22 bits per heavy atom. The highest BCUT2D eigenvalue weighted by molar-refractivity contribution is 7.17. The van der Waals surface area contributed by atoms with Crippen LogP contribution in [0.2, 0.25) is 0 Å². The van der Waals surface area contributed by atoms with Crippen molar-refractivity contribution in [2.75, 3.05) is 18.9 Å². The van der Waals surface area contributed by atoms with Crippen LogP contribution < -0.4 is 11.1 Å². The first-order chi connectivity index (χ1) is 8.58. The van der Waals surface area contributed by atoms with Gasteiger partial charge in [0.15, 0.2) is 5.13 Å². The lowest BCUT2D eigenvalue weighted by Crippen LogP contribution is -2.40. The average molecular weight is 269 g/mol. The molecule has 2 heterocycles. The smallest absolute Gasteiger partial charge is 0.263 e. The Morgan fingerprint density at radius 3 is 2.78 bits per heavy atom. The molecule has 1 aromatic heterocycles. The van der Waals surface area contributed by atoms with Gasteiger partial charge in [-0.1, -0.05) is 11.3 Å². The third kappa shape index (κ3) is 3.00. The van der Waals surface area contributed by atoms with E-state index in [1.807, 2.05) is 6.92 Å². The summed E-state index contributed by atoms with van der Waals surface area (Å²) in [7, 11) is 0. The van der Waals surface area contributed by atoms with Crippen LogP contribution in [0.1, 0.15) is 35.1 Å². The van der Waals surface area contributed by atoms with Crippen LogP contribution in [-0.2, 0) is 4.74 Å². The van der Waals surface area contributed by atoms with Gasteiger partial charge >= 0.3 is 0 Å². The van der Waals surface area contributed by atoms with Crippen LogP contribution in [-0.4, -0.2) is 30.1 Å². The molecule has 1 saturated heterocycles. The molecule has 6 heteroatoms.